The number of amides is 1. The zero-order valence-electron chi connectivity index (χ0n) is 14.4. The lowest BCUT2D eigenvalue weighted by Gasteiger charge is -2.09. The second-order valence-corrected chi connectivity index (χ2v) is 8.05. The van der Waals surface area contributed by atoms with Crippen molar-refractivity contribution in [3.8, 4) is 11.3 Å². The molecule has 2 aromatic carbocycles. The van der Waals surface area contributed by atoms with Gasteiger partial charge in [-0.25, -0.2) is 4.98 Å². The number of carbonyl (C=O) groups excluding carboxylic acids is 1. The SMILES string of the molecule is Cc1ccc2cc(C)c(-c3cccc(C=C4SC(=S)NC4=O)c3)nc2c1. The van der Waals surface area contributed by atoms with Gasteiger partial charge in [-0.15, -0.1) is 0 Å². The third kappa shape index (κ3) is 3.28. The molecule has 4 rings (SSSR count). The molecule has 1 aliphatic heterocycles. The summed E-state index contributed by atoms with van der Waals surface area (Å²) in [5.41, 5.74) is 6.26. The van der Waals surface area contributed by atoms with Crippen LogP contribution < -0.4 is 5.32 Å². The van der Waals surface area contributed by atoms with Crippen LogP contribution in [-0.4, -0.2) is 15.2 Å². The van der Waals surface area contributed by atoms with Crippen molar-refractivity contribution < 1.29 is 4.79 Å². The number of benzene rings is 2. The van der Waals surface area contributed by atoms with Gasteiger partial charge in [0.05, 0.1) is 16.1 Å². The molecule has 0 aliphatic carbocycles. The molecule has 0 saturated carbocycles. The number of aromatic nitrogens is 1. The standard InChI is InChI=1S/C21H16N2OS2/c1-12-6-7-15-9-13(2)19(22-17(15)8-12)16-5-3-4-14(10-16)11-18-20(24)23-21(25)26-18/h3-11H,1-2H3,(H,23,24,25). The average Bonchev–Trinajstić information content (AvgIpc) is 2.92. The van der Waals surface area contributed by atoms with E-state index in [4.69, 9.17) is 17.2 Å². The summed E-state index contributed by atoms with van der Waals surface area (Å²) in [6.45, 7) is 4.15. The van der Waals surface area contributed by atoms with Crippen LogP contribution in [0.5, 0.6) is 0 Å². The summed E-state index contributed by atoms with van der Waals surface area (Å²) < 4.78 is 0.500. The Morgan fingerprint density at radius 1 is 1.12 bits per heavy atom. The quantitative estimate of drug-likeness (QED) is 0.504. The zero-order valence-corrected chi connectivity index (χ0v) is 16.0. The Balaban J connectivity index is 1.78. The predicted octanol–water partition coefficient (Wildman–Crippen LogP) is 5.01. The van der Waals surface area contributed by atoms with Gasteiger partial charge in [0.2, 0.25) is 0 Å². The van der Waals surface area contributed by atoms with Crippen LogP contribution in [0.2, 0.25) is 0 Å². The van der Waals surface area contributed by atoms with Crippen LogP contribution in [0.1, 0.15) is 16.7 Å². The number of fused-ring (bicyclic) bond motifs is 1. The van der Waals surface area contributed by atoms with E-state index in [0.717, 1.165) is 33.3 Å². The van der Waals surface area contributed by atoms with Gasteiger partial charge in [0.1, 0.15) is 4.32 Å². The Labute approximate surface area is 161 Å². The van der Waals surface area contributed by atoms with Crippen LogP contribution in [-0.2, 0) is 4.79 Å². The van der Waals surface area contributed by atoms with Crippen molar-refractivity contribution in [3.05, 3.63) is 70.1 Å². The number of thioether (sulfide) groups is 1. The molecule has 0 unspecified atom stereocenters. The maximum Gasteiger partial charge on any atom is 0.263 e. The molecule has 128 valence electrons. The molecule has 1 aromatic heterocycles. The molecule has 3 nitrogen and oxygen atoms in total. The van der Waals surface area contributed by atoms with Gasteiger partial charge in [-0.2, -0.15) is 0 Å². The predicted molar refractivity (Wildman–Crippen MR) is 113 cm³/mol. The van der Waals surface area contributed by atoms with Crippen molar-refractivity contribution in [2.24, 2.45) is 0 Å². The highest BCUT2D eigenvalue weighted by Gasteiger charge is 2.21. The minimum Gasteiger partial charge on any atom is -0.307 e. The maximum atomic E-state index is 11.9. The van der Waals surface area contributed by atoms with Gasteiger partial charge in [0, 0.05) is 10.9 Å². The van der Waals surface area contributed by atoms with E-state index in [9.17, 15) is 4.79 Å². The fourth-order valence-electron chi connectivity index (χ4n) is 3.02. The first-order chi connectivity index (χ1) is 12.5. The van der Waals surface area contributed by atoms with Crippen molar-refractivity contribution in [3.63, 3.8) is 0 Å². The number of hydrogen-bond donors (Lipinski definition) is 1. The van der Waals surface area contributed by atoms with Gasteiger partial charge in [0.15, 0.2) is 0 Å². The second kappa shape index (κ2) is 6.67. The Morgan fingerprint density at radius 3 is 2.73 bits per heavy atom. The van der Waals surface area contributed by atoms with Crippen molar-refractivity contribution in [2.45, 2.75) is 13.8 Å². The fraction of sp³-hybridized carbons (Fsp3) is 0.0952. The number of pyridine rings is 1. The highest BCUT2D eigenvalue weighted by Crippen LogP contribution is 2.29. The highest BCUT2D eigenvalue weighted by molar-refractivity contribution is 8.26. The molecule has 1 N–H and O–H groups in total. The Bertz CT molecular complexity index is 1100. The number of thiocarbonyl (C=S) groups is 1. The highest BCUT2D eigenvalue weighted by atomic mass is 32.2. The third-order valence-electron chi connectivity index (χ3n) is 4.26. The number of hydrogen-bond acceptors (Lipinski definition) is 4. The molecule has 0 atom stereocenters. The van der Waals surface area contributed by atoms with Crippen molar-refractivity contribution in [1.29, 1.82) is 0 Å². The first-order valence-electron chi connectivity index (χ1n) is 8.23. The van der Waals surface area contributed by atoms with E-state index in [1.807, 2.05) is 24.3 Å². The smallest absolute Gasteiger partial charge is 0.263 e. The Hall–Kier alpha value is -2.50. The molecule has 0 radical (unpaired) electrons. The molecule has 5 heteroatoms. The molecule has 0 bridgehead atoms. The van der Waals surface area contributed by atoms with Gasteiger partial charge >= 0.3 is 0 Å². The fourth-order valence-corrected chi connectivity index (χ4v) is 4.07. The van der Waals surface area contributed by atoms with Crippen molar-refractivity contribution in [1.82, 2.24) is 10.3 Å². The molecule has 1 fully saturated rings. The molecule has 26 heavy (non-hydrogen) atoms. The topological polar surface area (TPSA) is 42.0 Å². The summed E-state index contributed by atoms with van der Waals surface area (Å²) in [5.74, 6) is -0.138. The van der Waals surface area contributed by atoms with Gasteiger partial charge in [-0.1, -0.05) is 54.3 Å². The van der Waals surface area contributed by atoms with Crippen LogP contribution in [0.4, 0.5) is 0 Å². The lowest BCUT2D eigenvalue weighted by molar-refractivity contribution is -0.115. The first-order valence-corrected chi connectivity index (χ1v) is 9.45. The van der Waals surface area contributed by atoms with E-state index in [1.54, 1.807) is 0 Å². The number of aryl methyl sites for hydroxylation is 2. The summed E-state index contributed by atoms with van der Waals surface area (Å²) in [7, 11) is 0. The van der Waals surface area contributed by atoms with Crippen LogP contribution in [0.3, 0.4) is 0 Å². The maximum absolute atomic E-state index is 11.9. The van der Waals surface area contributed by atoms with Crippen LogP contribution in [0, 0.1) is 13.8 Å². The van der Waals surface area contributed by atoms with Gasteiger partial charge in [0.25, 0.3) is 5.91 Å². The molecular formula is C21H16N2OS2. The molecule has 3 aromatic rings. The van der Waals surface area contributed by atoms with Crippen LogP contribution in [0.15, 0.2) is 53.4 Å². The molecule has 1 saturated heterocycles. The molecule has 0 spiro atoms. The second-order valence-electron chi connectivity index (χ2n) is 6.33. The van der Waals surface area contributed by atoms with Gasteiger partial charge < -0.3 is 5.32 Å². The summed E-state index contributed by atoms with van der Waals surface area (Å²) in [4.78, 5) is 17.4. The number of nitrogens with zero attached hydrogens (tertiary/aromatic N) is 1. The molecule has 1 amide bonds. The molecular weight excluding hydrogens is 360 g/mol. The minimum absolute atomic E-state index is 0.138. The summed E-state index contributed by atoms with van der Waals surface area (Å²) in [6.07, 6.45) is 1.86. The monoisotopic (exact) mass is 376 g/mol. The lowest BCUT2D eigenvalue weighted by atomic mass is 10.0. The van der Waals surface area contributed by atoms with Crippen LogP contribution >= 0.6 is 24.0 Å². The first kappa shape index (κ1) is 16.9. The van der Waals surface area contributed by atoms with Gasteiger partial charge in [-0.3, -0.25) is 4.79 Å². The average molecular weight is 377 g/mol. The van der Waals surface area contributed by atoms with E-state index >= 15 is 0 Å². The summed E-state index contributed by atoms with van der Waals surface area (Å²) >= 11 is 6.34. The van der Waals surface area contributed by atoms with Crippen molar-refractivity contribution >= 4 is 51.2 Å². The van der Waals surface area contributed by atoms with E-state index < -0.39 is 0 Å². The summed E-state index contributed by atoms with van der Waals surface area (Å²) in [5, 5.41) is 3.78. The van der Waals surface area contributed by atoms with E-state index in [1.165, 1.54) is 17.3 Å². The van der Waals surface area contributed by atoms with E-state index in [-0.39, 0.29) is 5.91 Å². The third-order valence-corrected chi connectivity index (χ3v) is 5.43. The molecule has 1 aliphatic rings. The minimum atomic E-state index is -0.138. The lowest BCUT2D eigenvalue weighted by Crippen LogP contribution is -2.17. The van der Waals surface area contributed by atoms with E-state index in [0.29, 0.717) is 9.23 Å². The number of nitrogens with one attached hydrogen (secondary N) is 1. The largest absolute Gasteiger partial charge is 0.307 e. The zero-order chi connectivity index (χ0) is 18.3. The summed E-state index contributed by atoms with van der Waals surface area (Å²) in [6, 6.07) is 16.5. The van der Waals surface area contributed by atoms with E-state index in [2.05, 4.69) is 49.5 Å². The van der Waals surface area contributed by atoms with Crippen LogP contribution in [0.25, 0.3) is 28.2 Å². The molecule has 2 heterocycles. The Morgan fingerprint density at radius 2 is 1.96 bits per heavy atom. The number of carbonyl (C=O) groups is 1. The number of rotatable bonds is 2. The van der Waals surface area contributed by atoms with Crippen molar-refractivity contribution in [2.75, 3.05) is 0 Å². The normalized spacial score (nSPS) is 15.7. The Kier molecular flexibility index (Phi) is 4.34. The van der Waals surface area contributed by atoms with Gasteiger partial charge in [-0.05, 0) is 54.8 Å².